The first-order chi connectivity index (χ1) is 9.63. The number of carbonyl (C=O) groups is 1. The summed E-state index contributed by atoms with van der Waals surface area (Å²) in [6, 6.07) is 0. The zero-order chi connectivity index (χ0) is 15.6. The minimum atomic E-state index is -0.602. The lowest BCUT2D eigenvalue weighted by atomic mass is 9.90. The first-order valence-corrected chi connectivity index (χ1v) is 6.19. The van der Waals surface area contributed by atoms with Crippen LogP contribution in [-0.4, -0.2) is 17.2 Å². The summed E-state index contributed by atoms with van der Waals surface area (Å²) < 4.78 is 0. The summed E-state index contributed by atoms with van der Waals surface area (Å²) in [5, 5.41) is 8.54. The number of carbonyl (C=O) groups excluding carboxylic acids is 2. The summed E-state index contributed by atoms with van der Waals surface area (Å²) >= 11 is 0. The van der Waals surface area contributed by atoms with Crippen LogP contribution in [-0.2, 0) is 14.4 Å². The number of hydrogen-bond donors (Lipinski definition) is 1. The molecule has 0 aromatic heterocycles. The van der Waals surface area contributed by atoms with Gasteiger partial charge in [0.05, 0.1) is 5.92 Å². The van der Waals surface area contributed by atoms with E-state index in [1.54, 1.807) is 13.8 Å². The Balaban J connectivity index is 0. The molecular formula is C16H18O4. The van der Waals surface area contributed by atoms with Gasteiger partial charge in [0.15, 0.2) is 0 Å². The normalized spacial score (nSPS) is 11.7. The Morgan fingerprint density at radius 3 is 1.55 bits per heavy atom. The molecule has 4 heteroatoms. The van der Waals surface area contributed by atoms with Crippen molar-refractivity contribution >= 4 is 12.1 Å². The molecule has 1 fully saturated rings. The number of aliphatic carboxylic acids is 1. The fraction of sp³-hybridized carbons (Fsp3) is 0.500. The Kier molecular flexibility index (Phi) is 16.4. The van der Waals surface area contributed by atoms with E-state index >= 15 is 0 Å². The van der Waals surface area contributed by atoms with Crippen LogP contribution < -0.4 is 0 Å². The molecule has 0 aromatic rings. The lowest BCUT2D eigenvalue weighted by molar-refractivity contribution is -0.191. The zero-order valence-electron chi connectivity index (χ0n) is 11.8. The molecule has 1 N–H and O–H groups in total. The van der Waals surface area contributed by atoms with Crippen LogP contribution in [0.5, 0.6) is 0 Å². The largest absolute Gasteiger partial charge is 0.481 e. The van der Waals surface area contributed by atoms with E-state index in [-0.39, 0.29) is 12.1 Å². The van der Waals surface area contributed by atoms with Gasteiger partial charge in [-0.25, -0.2) is 0 Å². The molecule has 20 heavy (non-hydrogen) atoms. The quantitative estimate of drug-likeness (QED) is 0.743. The smallest absolute Gasteiger partial charge is 0.373 e. The van der Waals surface area contributed by atoms with Crippen molar-refractivity contribution in [2.45, 2.75) is 46.0 Å². The zero-order valence-corrected chi connectivity index (χ0v) is 11.8. The van der Waals surface area contributed by atoms with Crippen LogP contribution in [0.3, 0.4) is 0 Å². The Hall–Kier alpha value is -2.47. The van der Waals surface area contributed by atoms with Crippen LogP contribution in [0.15, 0.2) is 0 Å². The van der Waals surface area contributed by atoms with Crippen molar-refractivity contribution in [3.63, 3.8) is 0 Å². The summed E-state index contributed by atoms with van der Waals surface area (Å²) in [5.74, 6) is 14.9. The van der Waals surface area contributed by atoms with Crippen molar-refractivity contribution in [2.24, 2.45) is 5.92 Å². The average molecular weight is 274 g/mol. The van der Waals surface area contributed by atoms with E-state index in [1.165, 1.54) is 6.42 Å². The molecule has 0 aromatic carbocycles. The van der Waals surface area contributed by atoms with E-state index in [4.69, 9.17) is 14.7 Å². The fourth-order valence-electron chi connectivity index (χ4n) is 1.54. The van der Waals surface area contributed by atoms with E-state index in [0.717, 1.165) is 25.7 Å². The average Bonchev–Trinajstić information content (AvgIpc) is 2.46. The first kappa shape index (κ1) is 19.9. The molecule has 0 unspecified atom stereocenters. The second-order valence-corrected chi connectivity index (χ2v) is 3.76. The van der Waals surface area contributed by atoms with Gasteiger partial charge in [-0.2, -0.15) is 9.59 Å². The van der Waals surface area contributed by atoms with Crippen molar-refractivity contribution in [1.29, 1.82) is 0 Å². The van der Waals surface area contributed by atoms with E-state index < -0.39 is 5.97 Å². The summed E-state index contributed by atoms with van der Waals surface area (Å²) in [6.45, 7) is 3.49. The highest BCUT2D eigenvalue weighted by atomic mass is 16.4. The summed E-state index contributed by atoms with van der Waals surface area (Å²) in [7, 11) is 0. The van der Waals surface area contributed by atoms with Crippen molar-refractivity contribution in [3.05, 3.63) is 0 Å². The van der Waals surface area contributed by atoms with E-state index in [0.29, 0.717) is 0 Å². The van der Waals surface area contributed by atoms with Crippen molar-refractivity contribution in [2.75, 3.05) is 0 Å². The molecule has 4 nitrogen and oxygen atoms in total. The van der Waals surface area contributed by atoms with Crippen molar-refractivity contribution < 1.29 is 19.5 Å². The lowest BCUT2D eigenvalue weighted by Crippen LogP contribution is -2.16. The molecule has 106 valence electrons. The van der Waals surface area contributed by atoms with Gasteiger partial charge < -0.3 is 5.11 Å². The fourth-order valence-corrected chi connectivity index (χ4v) is 1.54. The number of rotatable bonds is 1. The topological polar surface area (TPSA) is 71.4 Å². The maximum absolute atomic E-state index is 10.4. The third kappa shape index (κ3) is 15.5. The van der Waals surface area contributed by atoms with Gasteiger partial charge in [0.25, 0.3) is 0 Å². The summed E-state index contributed by atoms with van der Waals surface area (Å²) in [6.07, 6.45) is 5.49. The molecule has 0 amide bonds. The Morgan fingerprint density at radius 1 is 0.900 bits per heavy atom. The maximum Gasteiger partial charge on any atom is 0.373 e. The third-order valence-corrected chi connectivity index (χ3v) is 2.39. The van der Waals surface area contributed by atoms with Gasteiger partial charge in [-0.05, 0) is 50.4 Å². The number of carboxylic acid groups (broad SMARTS) is 1. The predicted molar refractivity (Wildman–Crippen MR) is 73.9 cm³/mol. The van der Waals surface area contributed by atoms with Gasteiger partial charge in [-0.1, -0.05) is 31.1 Å². The Morgan fingerprint density at radius 2 is 1.30 bits per heavy atom. The van der Waals surface area contributed by atoms with Gasteiger partial charge in [0.1, 0.15) is 0 Å². The van der Waals surface area contributed by atoms with Crippen LogP contribution in [0.1, 0.15) is 46.0 Å². The molecule has 0 bridgehead atoms. The minimum absolute atomic E-state index is 0.0289. The highest BCUT2D eigenvalue weighted by Crippen LogP contribution is 2.23. The standard InChI is InChI=1S/C8H6.C7H12O2.CO2/c1-3-5-7-8-6-4-2;8-7(9)6-4-2-1-3-5-6;2-1-3/h1-2H3;6H,1-5H2,(H,8,9);. The predicted octanol–water partition coefficient (Wildman–Crippen LogP) is 2.10. The van der Waals surface area contributed by atoms with E-state index in [2.05, 4.69) is 35.5 Å². The first-order valence-electron chi connectivity index (χ1n) is 6.19. The van der Waals surface area contributed by atoms with Gasteiger partial charge >= 0.3 is 12.1 Å². The summed E-state index contributed by atoms with van der Waals surface area (Å²) in [4.78, 5) is 26.6. The SMILES string of the molecule is CC#CC#CC#CC.O=C(O)C1CCCCC1.O=C=O. The van der Waals surface area contributed by atoms with Crippen LogP contribution >= 0.6 is 0 Å². The molecule has 1 rings (SSSR count). The Labute approximate surface area is 119 Å². The number of hydrogen-bond acceptors (Lipinski definition) is 3. The van der Waals surface area contributed by atoms with E-state index in [9.17, 15) is 4.79 Å². The van der Waals surface area contributed by atoms with Crippen LogP contribution in [0.25, 0.3) is 0 Å². The highest BCUT2D eigenvalue weighted by molar-refractivity contribution is 5.69. The molecule has 1 aliphatic rings. The van der Waals surface area contributed by atoms with Gasteiger partial charge in [0, 0.05) is 0 Å². The molecule has 0 saturated heterocycles. The van der Waals surface area contributed by atoms with Crippen molar-refractivity contribution in [1.82, 2.24) is 0 Å². The maximum atomic E-state index is 10.4. The van der Waals surface area contributed by atoms with Crippen molar-refractivity contribution in [3.8, 4) is 35.5 Å². The molecule has 0 heterocycles. The van der Waals surface area contributed by atoms with Crippen LogP contribution in [0, 0.1) is 41.4 Å². The molecule has 0 radical (unpaired) electrons. The van der Waals surface area contributed by atoms with Crippen LogP contribution in [0.2, 0.25) is 0 Å². The monoisotopic (exact) mass is 274 g/mol. The number of carboxylic acids is 1. The van der Waals surface area contributed by atoms with Crippen LogP contribution in [0.4, 0.5) is 0 Å². The Bertz CT molecular complexity index is 450. The highest BCUT2D eigenvalue weighted by Gasteiger charge is 2.19. The second-order valence-electron chi connectivity index (χ2n) is 3.76. The lowest BCUT2D eigenvalue weighted by Gasteiger charge is -2.16. The van der Waals surface area contributed by atoms with Gasteiger partial charge in [-0.15, -0.1) is 0 Å². The molecule has 0 atom stereocenters. The third-order valence-electron chi connectivity index (χ3n) is 2.39. The molecule has 0 aliphatic heterocycles. The molecule has 1 aliphatic carbocycles. The summed E-state index contributed by atoms with van der Waals surface area (Å²) in [5.41, 5.74) is 0. The minimum Gasteiger partial charge on any atom is -0.481 e. The van der Waals surface area contributed by atoms with Gasteiger partial charge in [-0.3, -0.25) is 4.79 Å². The molecular weight excluding hydrogens is 256 g/mol. The van der Waals surface area contributed by atoms with E-state index in [1.807, 2.05) is 0 Å². The second kappa shape index (κ2) is 16.5. The van der Waals surface area contributed by atoms with Gasteiger partial charge in [0.2, 0.25) is 0 Å². The molecule has 1 saturated carbocycles. The molecule has 0 spiro atoms.